The molecule has 18 heavy (non-hydrogen) atoms. The molecule has 0 bridgehead atoms. The number of aliphatic hydroxyl groups excluding tert-OH is 1. The molecule has 2 aromatic rings. The zero-order valence-corrected chi connectivity index (χ0v) is 10.6. The minimum atomic E-state index is -0.616. The smallest absolute Gasteiger partial charge is 0.212 e. The predicted octanol–water partition coefficient (Wildman–Crippen LogP) is 1.58. The first-order valence-electron chi connectivity index (χ1n) is 5.92. The summed E-state index contributed by atoms with van der Waals surface area (Å²) >= 11 is 0. The van der Waals surface area contributed by atoms with E-state index in [0.29, 0.717) is 18.1 Å². The third-order valence-electron chi connectivity index (χ3n) is 2.82. The van der Waals surface area contributed by atoms with Gasteiger partial charge in [0.05, 0.1) is 7.11 Å². The summed E-state index contributed by atoms with van der Waals surface area (Å²) in [6, 6.07) is 3.68. The van der Waals surface area contributed by atoms with E-state index in [1.54, 1.807) is 25.6 Å². The summed E-state index contributed by atoms with van der Waals surface area (Å²) in [7, 11) is 1.58. The highest BCUT2D eigenvalue weighted by atomic mass is 16.5. The van der Waals surface area contributed by atoms with Crippen molar-refractivity contribution in [2.75, 3.05) is 7.11 Å². The van der Waals surface area contributed by atoms with Gasteiger partial charge >= 0.3 is 0 Å². The standard InChI is InChI=1S/C13H17N3O2/c1-3-16-7-6-14-13(16)11(17)8-10-4-5-12(18-2)15-9-10/h4-7,9,11,17H,3,8H2,1-2H3. The van der Waals surface area contributed by atoms with Gasteiger partial charge in [-0.25, -0.2) is 9.97 Å². The van der Waals surface area contributed by atoms with E-state index in [0.717, 1.165) is 12.1 Å². The van der Waals surface area contributed by atoms with Crippen LogP contribution < -0.4 is 4.74 Å². The third kappa shape index (κ3) is 2.68. The van der Waals surface area contributed by atoms with Crippen molar-refractivity contribution in [3.05, 3.63) is 42.1 Å². The Balaban J connectivity index is 2.08. The average Bonchev–Trinajstić information content (AvgIpc) is 2.88. The maximum absolute atomic E-state index is 10.2. The van der Waals surface area contributed by atoms with Gasteiger partial charge in [0.25, 0.3) is 0 Å². The number of imidazole rings is 1. The normalized spacial score (nSPS) is 12.4. The second-order valence-electron chi connectivity index (χ2n) is 4.00. The summed E-state index contributed by atoms with van der Waals surface area (Å²) in [5.41, 5.74) is 0.953. The third-order valence-corrected chi connectivity index (χ3v) is 2.82. The molecule has 5 heteroatoms. The second-order valence-corrected chi connectivity index (χ2v) is 4.00. The molecule has 96 valence electrons. The van der Waals surface area contributed by atoms with Crippen LogP contribution in [0.5, 0.6) is 5.88 Å². The largest absolute Gasteiger partial charge is 0.481 e. The van der Waals surface area contributed by atoms with Crippen LogP contribution in [0.3, 0.4) is 0 Å². The highest BCUT2D eigenvalue weighted by Gasteiger charge is 2.14. The number of pyridine rings is 1. The molecule has 1 atom stereocenters. The number of methoxy groups -OCH3 is 1. The summed E-state index contributed by atoms with van der Waals surface area (Å²) in [5, 5.41) is 10.2. The molecular formula is C13H17N3O2. The van der Waals surface area contributed by atoms with E-state index in [2.05, 4.69) is 9.97 Å². The van der Waals surface area contributed by atoms with Gasteiger partial charge in [0.2, 0.25) is 5.88 Å². The fourth-order valence-corrected chi connectivity index (χ4v) is 1.85. The summed E-state index contributed by atoms with van der Waals surface area (Å²) in [5.74, 6) is 1.26. The zero-order chi connectivity index (χ0) is 13.0. The van der Waals surface area contributed by atoms with E-state index < -0.39 is 6.10 Å². The van der Waals surface area contributed by atoms with Crippen molar-refractivity contribution in [2.45, 2.75) is 26.0 Å². The number of aryl methyl sites for hydroxylation is 1. The molecule has 0 saturated heterocycles. The van der Waals surface area contributed by atoms with Gasteiger partial charge in [0, 0.05) is 37.6 Å². The fraction of sp³-hybridized carbons (Fsp3) is 0.385. The van der Waals surface area contributed by atoms with Crippen molar-refractivity contribution in [1.82, 2.24) is 14.5 Å². The van der Waals surface area contributed by atoms with Gasteiger partial charge in [0.15, 0.2) is 0 Å². The van der Waals surface area contributed by atoms with Crippen LogP contribution in [0, 0.1) is 0 Å². The molecule has 0 radical (unpaired) electrons. The van der Waals surface area contributed by atoms with Gasteiger partial charge < -0.3 is 14.4 Å². The Morgan fingerprint density at radius 1 is 1.39 bits per heavy atom. The van der Waals surface area contributed by atoms with Crippen LogP contribution in [0.15, 0.2) is 30.7 Å². The molecule has 0 saturated carbocycles. The van der Waals surface area contributed by atoms with Crippen molar-refractivity contribution in [3.63, 3.8) is 0 Å². The molecule has 2 rings (SSSR count). The number of aromatic nitrogens is 3. The van der Waals surface area contributed by atoms with Crippen LogP contribution >= 0.6 is 0 Å². The number of nitrogens with zero attached hydrogens (tertiary/aromatic N) is 3. The fourth-order valence-electron chi connectivity index (χ4n) is 1.85. The Morgan fingerprint density at radius 3 is 2.83 bits per heavy atom. The van der Waals surface area contributed by atoms with Gasteiger partial charge in [-0.15, -0.1) is 0 Å². The van der Waals surface area contributed by atoms with Gasteiger partial charge in [-0.2, -0.15) is 0 Å². The molecule has 2 aromatic heterocycles. The highest BCUT2D eigenvalue weighted by Crippen LogP contribution is 2.17. The first-order valence-corrected chi connectivity index (χ1v) is 5.92. The lowest BCUT2D eigenvalue weighted by atomic mass is 10.1. The molecule has 2 heterocycles. The van der Waals surface area contributed by atoms with Gasteiger partial charge in [-0.3, -0.25) is 0 Å². The molecule has 0 aliphatic rings. The van der Waals surface area contributed by atoms with Crippen molar-refractivity contribution in [2.24, 2.45) is 0 Å². The lowest BCUT2D eigenvalue weighted by molar-refractivity contribution is 0.163. The molecule has 0 spiro atoms. The van der Waals surface area contributed by atoms with Crippen molar-refractivity contribution in [3.8, 4) is 5.88 Å². The summed E-state index contributed by atoms with van der Waals surface area (Å²) < 4.78 is 6.92. The summed E-state index contributed by atoms with van der Waals surface area (Å²) in [6.07, 6.45) is 5.16. The Bertz CT molecular complexity index is 493. The first-order chi connectivity index (χ1) is 8.74. The topological polar surface area (TPSA) is 60.2 Å². The van der Waals surface area contributed by atoms with Crippen molar-refractivity contribution >= 4 is 0 Å². The minimum Gasteiger partial charge on any atom is -0.481 e. The van der Waals surface area contributed by atoms with Crippen LogP contribution in [-0.2, 0) is 13.0 Å². The molecule has 1 unspecified atom stereocenters. The van der Waals surface area contributed by atoms with Crippen molar-refractivity contribution in [1.29, 1.82) is 0 Å². The van der Waals surface area contributed by atoms with Crippen LogP contribution in [-0.4, -0.2) is 26.8 Å². The summed E-state index contributed by atoms with van der Waals surface area (Å²) in [6.45, 7) is 2.82. The predicted molar refractivity (Wildman–Crippen MR) is 67.4 cm³/mol. The van der Waals surface area contributed by atoms with Gasteiger partial charge in [-0.05, 0) is 12.5 Å². The molecule has 1 N–H and O–H groups in total. The monoisotopic (exact) mass is 247 g/mol. The minimum absolute atomic E-state index is 0.494. The van der Waals surface area contributed by atoms with Crippen LogP contribution in [0.25, 0.3) is 0 Å². The second kappa shape index (κ2) is 5.64. The zero-order valence-electron chi connectivity index (χ0n) is 10.6. The van der Waals surface area contributed by atoms with Crippen LogP contribution in [0.1, 0.15) is 24.4 Å². The lowest BCUT2D eigenvalue weighted by Gasteiger charge is -2.12. The molecular weight excluding hydrogens is 230 g/mol. The molecule has 0 aliphatic heterocycles. The maximum atomic E-state index is 10.2. The maximum Gasteiger partial charge on any atom is 0.212 e. The van der Waals surface area contributed by atoms with Crippen LogP contribution in [0.4, 0.5) is 0 Å². The van der Waals surface area contributed by atoms with E-state index >= 15 is 0 Å². The van der Waals surface area contributed by atoms with Crippen LogP contribution in [0.2, 0.25) is 0 Å². The van der Waals surface area contributed by atoms with Gasteiger partial charge in [0.1, 0.15) is 11.9 Å². The van der Waals surface area contributed by atoms with E-state index in [-0.39, 0.29) is 0 Å². The lowest BCUT2D eigenvalue weighted by Crippen LogP contribution is -2.10. The van der Waals surface area contributed by atoms with E-state index in [9.17, 15) is 5.11 Å². The number of aliphatic hydroxyl groups is 1. The van der Waals surface area contributed by atoms with E-state index in [1.807, 2.05) is 23.8 Å². The average molecular weight is 247 g/mol. The molecule has 0 aromatic carbocycles. The number of rotatable bonds is 5. The number of ether oxygens (including phenoxy) is 1. The van der Waals surface area contributed by atoms with E-state index in [4.69, 9.17) is 4.74 Å². The SMILES string of the molecule is CCn1ccnc1C(O)Cc1ccc(OC)nc1. The Hall–Kier alpha value is -1.88. The Kier molecular flexibility index (Phi) is 3.94. The van der Waals surface area contributed by atoms with Gasteiger partial charge in [-0.1, -0.05) is 6.07 Å². The number of hydrogen-bond donors (Lipinski definition) is 1. The number of hydrogen-bond acceptors (Lipinski definition) is 4. The Labute approximate surface area is 106 Å². The first kappa shape index (κ1) is 12.6. The van der Waals surface area contributed by atoms with E-state index in [1.165, 1.54) is 0 Å². The highest BCUT2D eigenvalue weighted by molar-refractivity contribution is 5.19. The molecule has 0 amide bonds. The Morgan fingerprint density at radius 2 is 2.22 bits per heavy atom. The molecule has 5 nitrogen and oxygen atoms in total. The molecule has 0 fully saturated rings. The quantitative estimate of drug-likeness (QED) is 0.871. The molecule has 0 aliphatic carbocycles. The summed E-state index contributed by atoms with van der Waals surface area (Å²) in [4.78, 5) is 8.30. The van der Waals surface area contributed by atoms with Crippen molar-refractivity contribution < 1.29 is 9.84 Å².